The van der Waals surface area contributed by atoms with Crippen molar-refractivity contribution in [3.8, 4) is 11.5 Å². The topological polar surface area (TPSA) is 94.6 Å². The van der Waals surface area contributed by atoms with E-state index in [-0.39, 0.29) is 12.0 Å². The lowest BCUT2D eigenvalue weighted by Gasteiger charge is -2.22. The molecule has 4 rings (SSSR count). The molecule has 1 unspecified atom stereocenters. The van der Waals surface area contributed by atoms with Gasteiger partial charge in [-0.15, -0.1) is 0 Å². The van der Waals surface area contributed by atoms with E-state index in [0.29, 0.717) is 23.5 Å². The van der Waals surface area contributed by atoms with E-state index in [1.54, 1.807) is 43.8 Å². The molecule has 7 nitrogen and oxygen atoms in total. The fraction of sp³-hybridized carbons (Fsp3) is 0.357. The summed E-state index contributed by atoms with van der Waals surface area (Å²) >= 11 is 0. The third kappa shape index (κ3) is 7.29. The second kappa shape index (κ2) is 12.1. The van der Waals surface area contributed by atoms with Crippen molar-refractivity contribution in [2.24, 2.45) is 0 Å². The van der Waals surface area contributed by atoms with Gasteiger partial charge in [0.15, 0.2) is 11.5 Å². The number of carbonyl (C=O) groups excluding carboxylic acids is 1. The van der Waals surface area contributed by atoms with Gasteiger partial charge in [0.2, 0.25) is 5.91 Å². The van der Waals surface area contributed by atoms with Crippen LogP contribution in [-0.4, -0.2) is 38.0 Å². The van der Waals surface area contributed by atoms with Gasteiger partial charge in [0.1, 0.15) is 0 Å². The molecule has 2 aromatic carbocycles. The number of pyridine rings is 1. The highest BCUT2D eigenvalue weighted by molar-refractivity contribution is 7.90. The minimum absolute atomic E-state index is 0.127. The summed E-state index contributed by atoms with van der Waals surface area (Å²) in [5.74, 6) is -0.0840. The van der Waals surface area contributed by atoms with Crippen LogP contribution in [0.1, 0.15) is 53.9 Å². The molecule has 1 heterocycles. The normalized spacial score (nSPS) is 15.1. The summed E-state index contributed by atoms with van der Waals surface area (Å²) in [5, 5.41) is 0. The zero-order valence-corrected chi connectivity index (χ0v) is 22.1. The van der Waals surface area contributed by atoms with Crippen LogP contribution >= 0.6 is 0 Å². The average Bonchev–Trinajstić information content (AvgIpc) is 3.40. The molecule has 208 valence electrons. The minimum Gasteiger partial charge on any atom is -0.493 e. The number of rotatable bonds is 10. The Hall–Kier alpha value is -3.60. The lowest BCUT2D eigenvalue weighted by molar-refractivity contribution is -0.119. The number of nitrogens with zero attached hydrogens (tertiary/aromatic N) is 1. The van der Waals surface area contributed by atoms with Crippen LogP contribution in [0.3, 0.4) is 0 Å². The van der Waals surface area contributed by atoms with Crippen LogP contribution in [0.25, 0.3) is 0 Å². The number of carbonyl (C=O) groups is 1. The highest BCUT2D eigenvalue weighted by atomic mass is 32.2. The van der Waals surface area contributed by atoms with Crippen molar-refractivity contribution >= 4 is 15.9 Å². The van der Waals surface area contributed by atoms with Gasteiger partial charge in [-0.1, -0.05) is 30.3 Å². The predicted molar refractivity (Wildman–Crippen MR) is 139 cm³/mol. The largest absolute Gasteiger partial charge is 0.516 e. The quantitative estimate of drug-likeness (QED) is 0.361. The van der Waals surface area contributed by atoms with E-state index >= 15 is 0 Å². The third-order valence-corrected chi connectivity index (χ3v) is 7.78. The summed E-state index contributed by atoms with van der Waals surface area (Å²) in [4.78, 5) is 16.1. The average molecular weight is 563 g/mol. The number of nitrogens with one attached hydrogen (secondary N) is 1. The SMILES string of the molecule is COc1ccc(C(Cc2ccncc2)c2ccc(CC(=O)NS(=O)(=O)C(F)(F)F)cc2)cc1OC1CCCC1. The third-order valence-electron chi connectivity index (χ3n) is 6.67. The summed E-state index contributed by atoms with van der Waals surface area (Å²) in [7, 11) is -4.16. The monoisotopic (exact) mass is 562 g/mol. The summed E-state index contributed by atoms with van der Waals surface area (Å²) < 4.78 is 73.1. The highest BCUT2D eigenvalue weighted by Crippen LogP contribution is 2.37. The first-order valence-corrected chi connectivity index (χ1v) is 14.0. The van der Waals surface area contributed by atoms with Crippen LogP contribution in [0, 0.1) is 0 Å². The maximum atomic E-state index is 12.6. The number of amides is 1. The van der Waals surface area contributed by atoms with Crippen LogP contribution in [0.4, 0.5) is 13.2 Å². The number of benzene rings is 2. The molecule has 1 N–H and O–H groups in total. The molecule has 0 bridgehead atoms. The van der Waals surface area contributed by atoms with Gasteiger partial charge >= 0.3 is 15.5 Å². The number of halogens is 3. The van der Waals surface area contributed by atoms with Gasteiger partial charge < -0.3 is 9.47 Å². The molecule has 1 saturated carbocycles. The summed E-state index contributed by atoms with van der Waals surface area (Å²) in [5.41, 5.74) is -2.27. The molecule has 0 aliphatic heterocycles. The number of aromatic nitrogens is 1. The highest BCUT2D eigenvalue weighted by Gasteiger charge is 2.46. The standard InChI is InChI=1S/C28H29F3N2O5S/c1-37-25-11-10-22(18-26(25)38-23-4-2-3-5-23)24(16-20-12-14-32-15-13-20)21-8-6-19(7-9-21)17-27(34)33-39(35,36)28(29,30)31/h6-15,18,23-24H,2-5,16-17H2,1H3,(H,33,34). The van der Waals surface area contributed by atoms with Gasteiger partial charge in [-0.05, 0) is 78.6 Å². The van der Waals surface area contributed by atoms with E-state index in [1.807, 2.05) is 30.3 Å². The second-order valence-corrected chi connectivity index (χ2v) is 11.1. The van der Waals surface area contributed by atoms with E-state index < -0.39 is 27.9 Å². The molecular weight excluding hydrogens is 533 g/mol. The zero-order chi connectivity index (χ0) is 28.0. The minimum atomic E-state index is -5.75. The Morgan fingerprint density at radius 3 is 2.23 bits per heavy atom. The lowest BCUT2D eigenvalue weighted by atomic mass is 9.85. The first kappa shape index (κ1) is 28.4. The Labute approximate surface area is 225 Å². The van der Waals surface area contributed by atoms with E-state index in [0.717, 1.165) is 47.1 Å². The van der Waals surface area contributed by atoms with Crippen LogP contribution in [0.2, 0.25) is 0 Å². The molecule has 3 aromatic rings. The van der Waals surface area contributed by atoms with Crippen LogP contribution in [0.5, 0.6) is 11.5 Å². The lowest BCUT2D eigenvalue weighted by Crippen LogP contribution is -2.40. The van der Waals surface area contributed by atoms with Crippen LogP contribution in [-0.2, 0) is 27.7 Å². The van der Waals surface area contributed by atoms with Gasteiger partial charge in [0, 0.05) is 18.3 Å². The van der Waals surface area contributed by atoms with Crippen molar-refractivity contribution in [2.75, 3.05) is 7.11 Å². The number of hydrogen-bond acceptors (Lipinski definition) is 6. The van der Waals surface area contributed by atoms with Crippen molar-refractivity contribution in [1.29, 1.82) is 0 Å². The van der Waals surface area contributed by atoms with Gasteiger partial charge in [-0.2, -0.15) is 21.6 Å². The molecule has 1 aromatic heterocycles. The van der Waals surface area contributed by atoms with E-state index in [2.05, 4.69) is 4.98 Å². The molecule has 1 atom stereocenters. The fourth-order valence-corrected chi connectivity index (χ4v) is 5.16. The molecule has 0 spiro atoms. The maximum Gasteiger partial charge on any atom is 0.516 e. The Morgan fingerprint density at radius 2 is 1.62 bits per heavy atom. The molecular formula is C28H29F3N2O5S. The molecule has 1 aliphatic carbocycles. The summed E-state index contributed by atoms with van der Waals surface area (Å²) in [6.45, 7) is 0. The van der Waals surface area contributed by atoms with Crippen LogP contribution < -0.4 is 14.2 Å². The van der Waals surface area contributed by atoms with Gasteiger partial charge in [0.25, 0.3) is 0 Å². The fourth-order valence-electron chi connectivity index (χ4n) is 4.67. The number of sulfonamides is 1. The van der Waals surface area contributed by atoms with Crippen LogP contribution in [0.15, 0.2) is 67.0 Å². The van der Waals surface area contributed by atoms with E-state index in [1.165, 1.54) is 0 Å². The first-order chi connectivity index (χ1) is 18.6. The van der Waals surface area contributed by atoms with Crippen molar-refractivity contribution in [3.05, 3.63) is 89.2 Å². The maximum absolute atomic E-state index is 12.6. The first-order valence-electron chi connectivity index (χ1n) is 12.5. The second-order valence-electron chi connectivity index (χ2n) is 9.44. The van der Waals surface area contributed by atoms with Gasteiger partial charge in [0.05, 0.1) is 19.6 Å². The van der Waals surface area contributed by atoms with Crippen molar-refractivity contribution < 1.29 is 35.9 Å². The molecule has 1 aliphatic rings. The Kier molecular flexibility index (Phi) is 8.79. The Balaban J connectivity index is 1.59. The molecule has 11 heteroatoms. The number of hydrogen-bond donors (Lipinski definition) is 1. The molecule has 39 heavy (non-hydrogen) atoms. The number of alkyl halides is 3. The Bertz CT molecular complexity index is 1370. The van der Waals surface area contributed by atoms with Gasteiger partial charge in [-0.25, -0.2) is 4.72 Å². The summed E-state index contributed by atoms with van der Waals surface area (Å²) in [6.07, 6.45) is 7.92. The smallest absolute Gasteiger partial charge is 0.493 e. The number of ether oxygens (including phenoxy) is 2. The van der Waals surface area contributed by atoms with Crippen molar-refractivity contribution in [2.45, 2.75) is 56.1 Å². The van der Waals surface area contributed by atoms with E-state index in [9.17, 15) is 26.4 Å². The zero-order valence-electron chi connectivity index (χ0n) is 21.3. The molecule has 1 fully saturated rings. The molecule has 0 radical (unpaired) electrons. The van der Waals surface area contributed by atoms with Crippen molar-refractivity contribution in [1.82, 2.24) is 9.71 Å². The predicted octanol–water partition coefficient (Wildman–Crippen LogP) is 5.29. The Morgan fingerprint density at radius 1 is 0.974 bits per heavy atom. The van der Waals surface area contributed by atoms with Gasteiger partial charge in [-0.3, -0.25) is 9.78 Å². The molecule has 0 saturated heterocycles. The van der Waals surface area contributed by atoms with Crippen molar-refractivity contribution in [3.63, 3.8) is 0 Å². The summed E-state index contributed by atoms with van der Waals surface area (Å²) in [6, 6.07) is 16.4. The number of methoxy groups -OCH3 is 1. The molecule has 1 amide bonds. The van der Waals surface area contributed by atoms with E-state index in [4.69, 9.17) is 9.47 Å².